The molecule has 1 aliphatic rings. The minimum atomic E-state index is -0.346. The molecule has 1 aromatic carbocycles. The van der Waals surface area contributed by atoms with E-state index in [-0.39, 0.29) is 30.8 Å². The van der Waals surface area contributed by atoms with E-state index in [2.05, 4.69) is 15.5 Å². The Morgan fingerprint density at radius 3 is 3.18 bits per heavy atom. The van der Waals surface area contributed by atoms with Crippen molar-refractivity contribution in [2.24, 2.45) is 13.0 Å². The highest BCUT2D eigenvalue weighted by Gasteiger charge is 2.26. The summed E-state index contributed by atoms with van der Waals surface area (Å²) < 4.78 is 21.0. The summed E-state index contributed by atoms with van der Waals surface area (Å²) in [5, 5.41) is 9.49. The number of nitrogens with zero attached hydrogens (tertiary/aromatic N) is 2. The zero-order valence-corrected chi connectivity index (χ0v) is 12.7. The molecular weight excluding hydrogens is 307 g/mol. The van der Waals surface area contributed by atoms with E-state index in [0.29, 0.717) is 28.3 Å². The van der Waals surface area contributed by atoms with Gasteiger partial charge < -0.3 is 14.6 Å². The number of carbonyl (C=O) groups is 1. The molecule has 2 aromatic rings. The van der Waals surface area contributed by atoms with Gasteiger partial charge in [0.1, 0.15) is 18.2 Å². The molecule has 22 heavy (non-hydrogen) atoms. The van der Waals surface area contributed by atoms with Gasteiger partial charge in [0.25, 0.3) is 0 Å². The fraction of sp³-hybridized carbons (Fsp3) is 0.357. The van der Waals surface area contributed by atoms with Crippen LogP contribution in [0.3, 0.4) is 0 Å². The Bertz CT molecular complexity index is 770. The van der Waals surface area contributed by atoms with E-state index in [9.17, 15) is 9.18 Å². The number of hydrogen-bond donors (Lipinski definition) is 2. The summed E-state index contributed by atoms with van der Waals surface area (Å²) in [7, 11) is 1.77. The summed E-state index contributed by atoms with van der Waals surface area (Å²) in [4.78, 5) is 12.2. The molecule has 2 N–H and O–H groups in total. The molecule has 116 valence electrons. The maximum Gasteiger partial charge on any atom is 0.227 e. The second kappa shape index (κ2) is 5.88. The molecule has 0 saturated carbocycles. The molecule has 1 amide bonds. The summed E-state index contributed by atoms with van der Waals surface area (Å²) in [5.74, 6) is 0.455. The number of benzene rings is 1. The first-order valence-electron chi connectivity index (χ1n) is 6.84. The zero-order chi connectivity index (χ0) is 15.7. The molecule has 0 spiro atoms. The van der Waals surface area contributed by atoms with E-state index in [4.69, 9.17) is 17.0 Å². The van der Waals surface area contributed by atoms with Gasteiger partial charge in [0.05, 0.1) is 12.5 Å². The molecule has 1 aromatic heterocycles. The van der Waals surface area contributed by atoms with Gasteiger partial charge >= 0.3 is 0 Å². The molecule has 8 heteroatoms. The highest BCUT2D eigenvalue weighted by molar-refractivity contribution is 7.71. The fourth-order valence-electron chi connectivity index (χ4n) is 2.38. The van der Waals surface area contributed by atoms with Crippen LogP contribution in [0.4, 0.5) is 4.39 Å². The molecule has 1 aliphatic heterocycles. The van der Waals surface area contributed by atoms with E-state index in [1.54, 1.807) is 17.7 Å². The Labute approximate surface area is 131 Å². The number of aromatic amines is 1. The van der Waals surface area contributed by atoms with Crippen LogP contribution in [0.5, 0.6) is 5.75 Å². The standard InChI is InChI=1S/C14H15FN4O2S/c1-19-12(17-18-14(19)22)6-16-13(20)9-4-8-5-10(15)2-3-11(8)21-7-9/h2-3,5,9H,4,6-7H2,1H3,(H,16,20)(H,18,22). The van der Waals surface area contributed by atoms with Crippen LogP contribution in [0.2, 0.25) is 0 Å². The van der Waals surface area contributed by atoms with E-state index in [0.717, 1.165) is 0 Å². The Morgan fingerprint density at radius 2 is 2.45 bits per heavy atom. The molecular formula is C14H15FN4O2S. The number of ether oxygens (including phenoxy) is 1. The van der Waals surface area contributed by atoms with Crippen molar-refractivity contribution < 1.29 is 13.9 Å². The van der Waals surface area contributed by atoms with Crippen molar-refractivity contribution in [3.63, 3.8) is 0 Å². The fourth-order valence-corrected chi connectivity index (χ4v) is 2.53. The van der Waals surface area contributed by atoms with Crippen LogP contribution in [0.25, 0.3) is 0 Å². The molecule has 1 unspecified atom stereocenters. The summed E-state index contributed by atoms with van der Waals surface area (Å²) >= 11 is 5.01. The number of amides is 1. The summed E-state index contributed by atoms with van der Waals surface area (Å²) in [6.45, 7) is 0.554. The lowest BCUT2D eigenvalue weighted by Crippen LogP contribution is -2.37. The monoisotopic (exact) mass is 322 g/mol. The molecule has 0 saturated heterocycles. The molecule has 0 aliphatic carbocycles. The van der Waals surface area contributed by atoms with E-state index in [1.165, 1.54) is 12.1 Å². The molecule has 0 radical (unpaired) electrons. The van der Waals surface area contributed by atoms with Gasteiger partial charge in [-0.3, -0.25) is 9.89 Å². The van der Waals surface area contributed by atoms with Crippen molar-refractivity contribution in [1.29, 1.82) is 0 Å². The van der Waals surface area contributed by atoms with Crippen molar-refractivity contribution >= 4 is 18.1 Å². The largest absolute Gasteiger partial charge is 0.492 e. The first kappa shape index (κ1) is 14.7. The number of carbonyl (C=O) groups excluding carboxylic acids is 1. The minimum absolute atomic E-state index is 0.149. The third kappa shape index (κ3) is 2.87. The second-order valence-electron chi connectivity index (χ2n) is 5.19. The predicted octanol–water partition coefficient (Wildman–Crippen LogP) is 1.48. The van der Waals surface area contributed by atoms with Crippen molar-refractivity contribution in [2.45, 2.75) is 13.0 Å². The molecule has 0 fully saturated rings. The van der Waals surface area contributed by atoms with Crippen LogP contribution >= 0.6 is 12.2 Å². The van der Waals surface area contributed by atoms with Crippen molar-refractivity contribution in [1.82, 2.24) is 20.1 Å². The van der Waals surface area contributed by atoms with Crippen LogP contribution in [0.1, 0.15) is 11.4 Å². The van der Waals surface area contributed by atoms with Gasteiger partial charge in [0, 0.05) is 7.05 Å². The zero-order valence-electron chi connectivity index (χ0n) is 11.9. The molecule has 3 rings (SSSR count). The van der Waals surface area contributed by atoms with E-state index >= 15 is 0 Å². The number of aromatic nitrogens is 3. The van der Waals surface area contributed by atoms with Crippen LogP contribution in [0.15, 0.2) is 18.2 Å². The average molecular weight is 322 g/mol. The van der Waals surface area contributed by atoms with Gasteiger partial charge in [0.15, 0.2) is 10.6 Å². The number of H-pyrrole nitrogens is 1. The minimum Gasteiger partial charge on any atom is -0.492 e. The Morgan fingerprint density at radius 1 is 1.64 bits per heavy atom. The Balaban J connectivity index is 1.64. The number of rotatable bonds is 3. The first-order valence-corrected chi connectivity index (χ1v) is 7.24. The highest BCUT2D eigenvalue weighted by atomic mass is 32.1. The third-order valence-corrected chi connectivity index (χ3v) is 4.06. The summed E-state index contributed by atoms with van der Waals surface area (Å²) in [5.41, 5.74) is 0.713. The Kier molecular flexibility index (Phi) is 3.93. The lowest BCUT2D eigenvalue weighted by molar-refractivity contribution is -0.126. The van der Waals surface area contributed by atoms with Crippen molar-refractivity contribution in [2.75, 3.05) is 6.61 Å². The lowest BCUT2D eigenvalue weighted by atomic mass is 9.96. The van der Waals surface area contributed by atoms with Gasteiger partial charge in [0.2, 0.25) is 5.91 Å². The van der Waals surface area contributed by atoms with Gasteiger partial charge in [-0.15, -0.1) is 0 Å². The number of nitrogens with one attached hydrogen (secondary N) is 2. The van der Waals surface area contributed by atoms with Crippen molar-refractivity contribution in [3.05, 3.63) is 40.2 Å². The number of hydrogen-bond acceptors (Lipinski definition) is 4. The summed E-state index contributed by atoms with van der Waals surface area (Å²) in [6.07, 6.45) is 0.456. The molecule has 0 bridgehead atoms. The van der Waals surface area contributed by atoms with Crippen LogP contribution in [-0.4, -0.2) is 27.3 Å². The van der Waals surface area contributed by atoms with Gasteiger partial charge in [-0.1, -0.05) is 0 Å². The highest BCUT2D eigenvalue weighted by Crippen LogP contribution is 2.27. The maximum atomic E-state index is 13.3. The molecule has 1 atom stereocenters. The third-order valence-electron chi connectivity index (χ3n) is 3.69. The topological polar surface area (TPSA) is 71.9 Å². The molecule has 6 nitrogen and oxygen atoms in total. The lowest BCUT2D eigenvalue weighted by Gasteiger charge is -2.24. The van der Waals surface area contributed by atoms with Crippen LogP contribution in [0, 0.1) is 16.5 Å². The predicted molar refractivity (Wildman–Crippen MR) is 79.3 cm³/mol. The molecule has 2 heterocycles. The average Bonchev–Trinajstić information content (AvgIpc) is 2.83. The summed E-state index contributed by atoms with van der Waals surface area (Å²) in [6, 6.07) is 4.35. The number of fused-ring (bicyclic) bond motifs is 1. The van der Waals surface area contributed by atoms with E-state index < -0.39 is 0 Å². The Hall–Kier alpha value is -2.22. The smallest absolute Gasteiger partial charge is 0.227 e. The SMILES string of the molecule is Cn1c(CNC(=O)C2COc3ccc(F)cc3C2)n[nH]c1=S. The number of halogens is 1. The van der Waals surface area contributed by atoms with Gasteiger partial charge in [-0.2, -0.15) is 5.10 Å². The van der Waals surface area contributed by atoms with Gasteiger partial charge in [-0.25, -0.2) is 4.39 Å². The van der Waals surface area contributed by atoms with Gasteiger partial charge in [-0.05, 0) is 42.4 Å². The van der Waals surface area contributed by atoms with E-state index in [1.807, 2.05) is 0 Å². The van der Waals surface area contributed by atoms with Crippen molar-refractivity contribution in [3.8, 4) is 5.75 Å². The quantitative estimate of drug-likeness (QED) is 0.840. The first-order chi connectivity index (χ1) is 10.5. The van der Waals surface area contributed by atoms with Crippen LogP contribution < -0.4 is 10.1 Å². The van der Waals surface area contributed by atoms with Crippen LogP contribution in [-0.2, 0) is 24.8 Å². The normalized spacial score (nSPS) is 16.7. The second-order valence-corrected chi connectivity index (χ2v) is 5.57. The maximum absolute atomic E-state index is 13.3.